The summed E-state index contributed by atoms with van der Waals surface area (Å²) < 4.78 is 7.35. The Balaban J connectivity index is 1.53. The van der Waals surface area contributed by atoms with E-state index in [1.807, 2.05) is 48.5 Å². The second-order valence-corrected chi connectivity index (χ2v) is 9.57. The highest BCUT2D eigenvalue weighted by Crippen LogP contribution is 2.33. The number of ether oxygens (including phenoxy) is 1. The molecular formula is C27H32N4O3S. The first kappa shape index (κ1) is 25.0. The van der Waals surface area contributed by atoms with E-state index < -0.39 is 5.97 Å². The average molecular weight is 493 g/mol. The molecule has 3 aromatic rings. The molecule has 0 radical (unpaired) electrons. The Morgan fingerprint density at radius 1 is 1.00 bits per heavy atom. The van der Waals surface area contributed by atoms with Crippen molar-refractivity contribution >= 4 is 29.3 Å². The van der Waals surface area contributed by atoms with Crippen molar-refractivity contribution < 1.29 is 14.3 Å². The smallest absolute Gasteiger partial charge is 0.326 e. The number of thioether (sulfide) groups is 1. The third-order valence-corrected chi connectivity index (χ3v) is 7.09. The number of carbonyl (C=O) groups excluding carboxylic acids is 2. The molecule has 0 bridgehead atoms. The Kier molecular flexibility index (Phi) is 8.95. The van der Waals surface area contributed by atoms with Crippen LogP contribution in [0, 0.1) is 0 Å². The fraction of sp³-hybridized carbons (Fsp3) is 0.407. The van der Waals surface area contributed by atoms with Gasteiger partial charge in [0.15, 0.2) is 5.16 Å². The second kappa shape index (κ2) is 12.5. The molecule has 1 amide bonds. The SMILES string of the molecule is CCOC(=O)CN(C(=O)CSc1nnc(Cc2ccccc2)n1C1CCCCC1)c1ccccc1. The number of para-hydroxylation sites is 1. The molecule has 1 aromatic heterocycles. The molecule has 0 spiro atoms. The second-order valence-electron chi connectivity index (χ2n) is 8.63. The van der Waals surface area contributed by atoms with Crippen LogP contribution < -0.4 is 4.90 Å². The molecule has 8 heteroatoms. The van der Waals surface area contributed by atoms with E-state index in [9.17, 15) is 9.59 Å². The van der Waals surface area contributed by atoms with Gasteiger partial charge in [-0.25, -0.2) is 0 Å². The van der Waals surface area contributed by atoms with Gasteiger partial charge in [0.05, 0.1) is 12.4 Å². The van der Waals surface area contributed by atoms with E-state index in [4.69, 9.17) is 4.74 Å². The molecule has 4 rings (SSSR count). The third kappa shape index (κ3) is 6.72. The van der Waals surface area contributed by atoms with Gasteiger partial charge in [0.25, 0.3) is 0 Å². The first-order valence-corrected chi connectivity index (χ1v) is 13.3. The normalized spacial score (nSPS) is 14.0. The van der Waals surface area contributed by atoms with Crippen LogP contribution >= 0.6 is 11.8 Å². The van der Waals surface area contributed by atoms with Crippen LogP contribution in [0.2, 0.25) is 0 Å². The summed E-state index contributed by atoms with van der Waals surface area (Å²) in [4.78, 5) is 27.0. The number of nitrogens with zero attached hydrogens (tertiary/aromatic N) is 4. The maximum absolute atomic E-state index is 13.3. The molecule has 7 nitrogen and oxygen atoms in total. The summed E-state index contributed by atoms with van der Waals surface area (Å²) >= 11 is 1.39. The van der Waals surface area contributed by atoms with Crippen LogP contribution in [-0.4, -0.2) is 45.5 Å². The standard InChI is InChI=1S/C27H32N4O3S/c1-2-34-26(33)19-30(22-14-8-4-9-15-22)25(32)20-35-27-29-28-24(18-21-12-6-3-7-13-21)31(27)23-16-10-5-11-17-23/h3-4,6-9,12-15,23H,2,5,10-11,16-20H2,1H3. The molecule has 184 valence electrons. The van der Waals surface area contributed by atoms with Gasteiger partial charge < -0.3 is 14.2 Å². The minimum Gasteiger partial charge on any atom is -0.465 e. The number of aromatic nitrogens is 3. The van der Waals surface area contributed by atoms with Crippen molar-refractivity contribution in [1.82, 2.24) is 14.8 Å². The summed E-state index contributed by atoms with van der Waals surface area (Å²) in [7, 11) is 0. The lowest BCUT2D eigenvalue weighted by Crippen LogP contribution is -2.37. The van der Waals surface area contributed by atoms with Crippen LogP contribution in [0.3, 0.4) is 0 Å². The van der Waals surface area contributed by atoms with Crippen molar-refractivity contribution in [3.8, 4) is 0 Å². The lowest BCUT2D eigenvalue weighted by Gasteiger charge is -2.26. The summed E-state index contributed by atoms with van der Waals surface area (Å²) in [5.41, 5.74) is 1.86. The minimum atomic E-state index is -0.426. The van der Waals surface area contributed by atoms with Crippen molar-refractivity contribution in [3.05, 3.63) is 72.1 Å². The van der Waals surface area contributed by atoms with Crippen LogP contribution in [0.5, 0.6) is 0 Å². The largest absolute Gasteiger partial charge is 0.465 e. The summed E-state index contributed by atoms with van der Waals surface area (Å²) in [6.07, 6.45) is 6.54. The van der Waals surface area contributed by atoms with E-state index in [0.29, 0.717) is 18.2 Å². The fourth-order valence-electron chi connectivity index (χ4n) is 4.48. The van der Waals surface area contributed by atoms with Gasteiger partial charge in [0, 0.05) is 18.2 Å². The first-order valence-electron chi connectivity index (χ1n) is 12.3. The number of esters is 1. The number of hydrogen-bond donors (Lipinski definition) is 0. The molecule has 1 heterocycles. The molecule has 1 aliphatic rings. The van der Waals surface area contributed by atoms with E-state index in [0.717, 1.165) is 23.8 Å². The molecule has 0 N–H and O–H groups in total. The number of hydrogen-bond acceptors (Lipinski definition) is 6. The Bertz CT molecular complexity index is 1100. The van der Waals surface area contributed by atoms with Crippen molar-refractivity contribution in [2.24, 2.45) is 0 Å². The van der Waals surface area contributed by atoms with Gasteiger partial charge >= 0.3 is 5.97 Å². The zero-order valence-electron chi connectivity index (χ0n) is 20.1. The van der Waals surface area contributed by atoms with Gasteiger partial charge in [-0.05, 0) is 37.5 Å². The molecule has 2 aromatic carbocycles. The predicted molar refractivity (Wildman–Crippen MR) is 138 cm³/mol. The zero-order valence-corrected chi connectivity index (χ0v) is 21.0. The minimum absolute atomic E-state index is 0.119. The summed E-state index contributed by atoms with van der Waals surface area (Å²) in [6.45, 7) is 1.92. The van der Waals surface area contributed by atoms with E-state index in [1.54, 1.807) is 6.92 Å². The highest BCUT2D eigenvalue weighted by atomic mass is 32.2. The molecule has 0 aliphatic heterocycles. The maximum atomic E-state index is 13.3. The van der Waals surface area contributed by atoms with Crippen LogP contribution in [0.15, 0.2) is 65.8 Å². The average Bonchev–Trinajstić information content (AvgIpc) is 3.30. The third-order valence-electron chi connectivity index (χ3n) is 6.17. The predicted octanol–water partition coefficient (Wildman–Crippen LogP) is 5.06. The van der Waals surface area contributed by atoms with Crippen molar-refractivity contribution in [2.75, 3.05) is 23.8 Å². The number of benzene rings is 2. The first-order chi connectivity index (χ1) is 17.2. The van der Waals surface area contributed by atoms with Crippen LogP contribution in [0.25, 0.3) is 0 Å². The Morgan fingerprint density at radius 3 is 2.37 bits per heavy atom. The van der Waals surface area contributed by atoms with E-state index >= 15 is 0 Å². The quantitative estimate of drug-likeness (QED) is 0.291. The number of anilines is 1. The van der Waals surface area contributed by atoms with Gasteiger partial charge in [-0.3, -0.25) is 9.59 Å². The number of rotatable bonds is 10. The van der Waals surface area contributed by atoms with Crippen molar-refractivity contribution in [2.45, 2.75) is 56.6 Å². The lowest BCUT2D eigenvalue weighted by molar-refractivity contribution is -0.142. The van der Waals surface area contributed by atoms with Crippen LogP contribution in [0.4, 0.5) is 5.69 Å². The van der Waals surface area contributed by atoms with Crippen molar-refractivity contribution in [3.63, 3.8) is 0 Å². The topological polar surface area (TPSA) is 77.3 Å². The maximum Gasteiger partial charge on any atom is 0.326 e. The van der Waals surface area contributed by atoms with Gasteiger partial charge in [0.2, 0.25) is 5.91 Å². The fourth-order valence-corrected chi connectivity index (χ4v) is 5.38. The Labute approximate surface area is 210 Å². The van der Waals surface area contributed by atoms with Gasteiger partial charge in [-0.2, -0.15) is 0 Å². The number of amides is 1. The lowest BCUT2D eigenvalue weighted by atomic mass is 9.95. The van der Waals surface area contributed by atoms with Gasteiger partial charge in [-0.15, -0.1) is 10.2 Å². The van der Waals surface area contributed by atoms with Crippen LogP contribution in [0.1, 0.15) is 56.5 Å². The van der Waals surface area contributed by atoms with E-state index in [1.165, 1.54) is 41.5 Å². The van der Waals surface area contributed by atoms with Crippen molar-refractivity contribution in [1.29, 1.82) is 0 Å². The Hall–Kier alpha value is -3.13. The summed E-state index contributed by atoms with van der Waals surface area (Å²) in [6, 6.07) is 19.9. The number of carbonyl (C=O) groups is 2. The Morgan fingerprint density at radius 2 is 1.69 bits per heavy atom. The molecular weight excluding hydrogens is 460 g/mol. The zero-order chi connectivity index (χ0) is 24.5. The summed E-state index contributed by atoms with van der Waals surface area (Å²) in [5, 5.41) is 9.79. The molecule has 1 saturated carbocycles. The monoisotopic (exact) mass is 492 g/mol. The molecule has 1 fully saturated rings. The van der Waals surface area contributed by atoms with E-state index in [-0.39, 0.29) is 24.8 Å². The van der Waals surface area contributed by atoms with Gasteiger partial charge in [-0.1, -0.05) is 79.6 Å². The summed E-state index contributed by atoms with van der Waals surface area (Å²) in [5.74, 6) is 0.497. The van der Waals surface area contributed by atoms with E-state index in [2.05, 4.69) is 26.9 Å². The molecule has 0 saturated heterocycles. The molecule has 0 unspecified atom stereocenters. The van der Waals surface area contributed by atoms with Gasteiger partial charge in [0.1, 0.15) is 12.4 Å². The van der Waals surface area contributed by atoms with Crippen LogP contribution in [-0.2, 0) is 20.7 Å². The molecule has 35 heavy (non-hydrogen) atoms. The molecule has 0 atom stereocenters. The highest BCUT2D eigenvalue weighted by Gasteiger charge is 2.25. The molecule has 1 aliphatic carbocycles. The highest BCUT2D eigenvalue weighted by molar-refractivity contribution is 7.99.